The Hall–Kier alpha value is -1.88. The number of nitrogens with one attached hydrogen (secondary N) is 1. The number of carbonyl (C=O) groups is 2. The molecule has 1 aliphatic heterocycles. The molecule has 5 heteroatoms. The highest BCUT2D eigenvalue weighted by Gasteiger charge is 2.32. The maximum atomic E-state index is 12.5. The monoisotopic (exact) mass is 329 g/mol. The Kier molecular flexibility index (Phi) is 5.19. The van der Waals surface area contributed by atoms with Gasteiger partial charge in [-0.25, -0.2) is 0 Å². The van der Waals surface area contributed by atoms with Crippen molar-refractivity contribution in [1.29, 1.82) is 0 Å². The third-order valence-electron chi connectivity index (χ3n) is 5.42. The average Bonchev–Trinajstić information content (AvgIpc) is 3.27. The molecule has 1 aromatic rings. The van der Waals surface area contributed by atoms with E-state index < -0.39 is 0 Å². The molecule has 1 aromatic carbocycles. The van der Waals surface area contributed by atoms with Crippen molar-refractivity contribution in [2.75, 3.05) is 25.0 Å². The molecule has 2 aliphatic rings. The molecule has 0 bridgehead atoms. The molecule has 0 unspecified atom stereocenters. The van der Waals surface area contributed by atoms with Crippen LogP contribution in [0.4, 0.5) is 5.69 Å². The van der Waals surface area contributed by atoms with Gasteiger partial charge in [0.2, 0.25) is 5.91 Å². The van der Waals surface area contributed by atoms with Gasteiger partial charge in [0.1, 0.15) is 0 Å². The van der Waals surface area contributed by atoms with Crippen molar-refractivity contribution in [3.63, 3.8) is 0 Å². The molecule has 3 rings (SSSR count). The van der Waals surface area contributed by atoms with Gasteiger partial charge in [-0.3, -0.25) is 9.59 Å². The zero-order valence-corrected chi connectivity index (χ0v) is 14.4. The van der Waals surface area contributed by atoms with E-state index in [0.29, 0.717) is 18.0 Å². The molecule has 2 amide bonds. The predicted molar refractivity (Wildman–Crippen MR) is 94.8 cm³/mol. The highest BCUT2D eigenvalue weighted by Crippen LogP contribution is 2.32. The Labute approximate surface area is 143 Å². The largest absolute Gasteiger partial charge is 0.339 e. The lowest BCUT2D eigenvalue weighted by atomic mass is 9.95. The van der Waals surface area contributed by atoms with E-state index in [9.17, 15) is 9.59 Å². The van der Waals surface area contributed by atoms with Crippen molar-refractivity contribution in [3.8, 4) is 0 Å². The summed E-state index contributed by atoms with van der Waals surface area (Å²) in [7, 11) is 0. The number of anilines is 1. The SMILES string of the molecule is Cc1cc(C(=O)N2CCCC2)ccc1NC(=O)[C@@H]1CCC[C@@H]1CN. The van der Waals surface area contributed by atoms with Gasteiger partial charge in [0.05, 0.1) is 0 Å². The number of nitrogens with zero attached hydrogens (tertiary/aromatic N) is 1. The summed E-state index contributed by atoms with van der Waals surface area (Å²) in [5, 5.41) is 3.03. The first-order valence-electron chi connectivity index (χ1n) is 9.01. The van der Waals surface area contributed by atoms with Crippen molar-refractivity contribution in [1.82, 2.24) is 4.90 Å². The molecule has 3 N–H and O–H groups in total. The Bertz CT molecular complexity index is 623. The van der Waals surface area contributed by atoms with Crippen LogP contribution in [-0.2, 0) is 4.79 Å². The van der Waals surface area contributed by atoms with Crippen LogP contribution in [0.15, 0.2) is 18.2 Å². The van der Waals surface area contributed by atoms with Crippen LogP contribution in [0.5, 0.6) is 0 Å². The van der Waals surface area contributed by atoms with Crippen LogP contribution in [0.25, 0.3) is 0 Å². The summed E-state index contributed by atoms with van der Waals surface area (Å²) in [6.07, 6.45) is 5.20. The first kappa shape index (κ1) is 17.0. The molecule has 2 atom stereocenters. The van der Waals surface area contributed by atoms with Gasteiger partial charge in [-0.05, 0) is 68.8 Å². The van der Waals surface area contributed by atoms with Crippen LogP contribution >= 0.6 is 0 Å². The number of carbonyl (C=O) groups excluding carboxylic acids is 2. The summed E-state index contributed by atoms with van der Waals surface area (Å²) in [6.45, 7) is 4.20. The molecule has 0 spiro atoms. The molecule has 1 aliphatic carbocycles. The van der Waals surface area contributed by atoms with Crippen LogP contribution in [-0.4, -0.2) is 36.3 Å². The second-order valence-corrected chi connectivity index (χ2v) is 7.05. The molecule has 0 aromatic heterocycles. The summed E-state index contributed by atoms with van der Waals surface area (Å²) in [6, 6.07) is 5.55. The lowest BCUT2D eigenvalue weighted by molar-refractivity contribution is -0.120. The van der Waals surface area contributed by atoms with E-state index in [1.807, 2.05) is 30.0 Å². The number of rotatable bonds is 4. The number of likely N-dealkylation sites (tertiary alicyclic amines) is 1. The van der Waals surface area contributed by atoms with Crippen LogP contribution < -0.4 is 11.1 Å². The Morgan fingerprint density at radius 3 is 2.62 bits per heavy atom. The predicted octanol–water partition coefficient (Wildman–Crippen LogP) is 2.54. The first-order valence-corrected chi connectivity index (χ1v) is 9.01. The zero-order valence-electron chi connectivity index (χ0n) is 14.4. The van der Waals surface area contributed by atoms with E-state index in [0.717, 1.165) is 56.4 Å². The summed E-state index contributed by atoms with van der Waals surface area (Å²) < 4.78 is 0. The maximum Gasteiger partial charge on any atom is 0.253 e. The first-order chi connectivity index (χ1) is 11.6. The molecular weight excluding hydrogens is 302 g/mol. The fourth-order valence-electron chi connectivity index (χ4n) is 3.93. The number of nitrogens with two attached hydrogens (primary N) is 1. The standard InChI is InChI=1S/C19H27N3O2/c1-13-11-14(19(24)22-9-2-3-10-22)7-8-17(13)21-18(23)16-6-4-5-15(16)12-20/h7-8,11,15-16H,2-6,9-10,12,20H2,1H3,(H,21,23)/t15-,16-/m1/s1. The highest BCUT2D eigenvalue weighted by atomic mass is 16.2. The highest BCUT2D eigenvalue weighted by molar-refractivity contribution is 5.97. The Balaban J connectivity index is 1.68. The van der Waals surface area contributed by atoms with Crippen LogP contribution in [0.3, 0.4) is 0 Å². The minimum absolute atomic E-state index is 0.0142. The summed E-state index contributed by atoms with van der Waals surface area (Å²) in [4.78, 5) is 26.9. The number of hydrogen-bond acceptors (Lipinski definition) is 3. The lowest BCUT2D eigenvalue weighted by Crippen LogP contribution is -2.30. The Morgan fingerprint density at radius 1 is 1.21 bits per heavy atom. The molecule has 1 saturated carbocycles. The molecule has 5 nitrogen and oxygen atoms in total. The van der Waals surface area contributed by atoms with Crippen LogP contribution in [0, 0.1) is 18.8 Å². The quantitative estimate of drug-likeness (QED) is 0.891. The van der Waals surface area contributed by atoms with Gasteiger partial charge in [0, 0.05) is 30.3 Å². The number of hydrogen-bond donors (Lipinski definition) is 2. The Morgan fingerprint density at radius 2 is 1.96 bits per heavy atom. The summed E-state index contributed by atoms with van der Waals surface area (Å²) in [5.74, 6) is 0.457. The third-order valence-corrected chi connectivity index (χ3v) is 5.42. The second kappa shape index (κ2) is 7.34. The molecule has 130 valence electrons. The van der Waals surface area contributed by atoms with Crippen molar-refractivity contribution < 1.29 is 9.59 Å². The van der Waals surface area contributed by atoms with Gasteiger partial charge in [0.15, 0.2) is 0 Å². The van der Waals surface area contributed by atoms with E-state index in [-0.39, 0.29) is 17.7 Å². The van der Waals surface area contributed by atoms with E-state index in [1.165, 1.54) is 0 Å². The summed E-state index contributed by atoms with van der Waals surface area (Å²) in [5.41, 5.74) is 8.20. The van der Waals surface area contributed by atoms with Crippen molar-refractivity contribution in [3.05, 3.63) is 29.3 Å². The topological polar surface area (TPSA) is 75.4 Å². The molecule has 2 fully saturated rings. The van der Waals surface area contributed by atoms with Gasteiger partial charge in [-0.2, -0.15) is 0 Å². The van der Waals surface area contributed by atoms with Crippen LogP contribution in [0.2, 0.25) is 0 Å². The smallest absolute Gasteiger partial charge is 0.253 e. The molecule has 24 heavy (non-hydrogen) atoms. The third kappa shape index (κ3) is 3.46. The molecule has 1 saturated heterocycles. The number of benzene rings is 1. The van der Waals surface area contributed by atoms with E-state index >= 15 is 0 Å². The van der Waals surface area contributed by atoms with Crippen molar-refractivity contribution >= 4 is 17.5 Å². The number of aryl methyl sites for hydroxylation is 1. The maximum absolute atomic E-state index is 12.5. The van der Waals surface area contributed by atoms with Gasteiger partial charge in [0.25, 0.3) is 5.91 Å². The van der Waals surface area contributed by atoms with Crippen LogP contribution in [0.1, 0.15) is 48.0 Å². The summed E-state index contributed by atoms with van der Waals surface area (Å²) >= 11 is 0. The van der Waals surface area contributed by atoms with E-state index in [2.05, 4.69) is 5.32 Å². The van der Waals surface area contributed by atoms with E-state index in [1.54, 1.807) is 0 Å². The fourth-order valence-corrected chi connectivity index (χ4v) is 3.93. The van der Waals surface area contributed by atoms with E-state index in [4.69, 9.17) is 5.73 Å². The minimum Gasteiger partial charge on any atom is -0.339 e. The second-order valence-electron chi connectivity index (χ2n) is 7.05. The molecule has 1 heterocycles. The lowest BCUT2D eigenvalue weighted by Gasteiger charge is -2.19. The number of amides is 2. The molecular formula is C19H27N3O2. The van der Waals surface area contributed by atoms with Gasteiger partial charge >= 0.3 is 0 Å². The zero-order chi connectivity index (χ0) is 17.1. The average molecular weight is 329 g/mol. The fraction of sp³-hybridized carbons (Fsp3) is 0.579. The molecule has 0 radical (unpaired) electrons. The van der Waals surface area contributed by atoms with Gasteiger partial charge in [-0.15, -0.1) is 0 Å². The van der Waals surface area contributed by atoms with Crippen molar-refractivity contribution in [2.24, 2.45) is 17.6 Å². The van der Waals surface area contributed by atoms with Gasteiger partial charge < -0.3 is 16.0 Å². The normalized spacial score (nSPS) is 23.5. The van der Waals surface area contributed by atoms with Crippen molar-refractivity contribution in [2.45, 2.75) is 39.0 Å². The van der Waals surface area contributed by atoms with Gasteiger partial charge in [-0.1, -0.05) is 6.42 Å². The minimum atomic E-state index is 0.0142.